The van der Waals surface area contributed by atoms with Crippen LogP contribution in [0.5, 0.6) is 0 Å². The summed E-state index contributed by atoms with van der Waals surface area (Å²) in [7, 11) is -3.63. The summed E-state index contributed by atoms with van der Waals surface area (Å²) in [6.07, 6.45) is 19.9. The van der Waals surface area contributed by atoms with Crippen molar-refractivity contribution in [2.24, 2.45) is 46.3 Å². The molecule has 0 saturated heterocycles. The zero-order valence-electron chi connectivity index (χ0n) is 29.8. The average molecular weight is 667 g/mol. The molecule has 6 rings (SSSR count). The smallest absolute Gasteiger partial charge is 0.412 e. The molecule has 1 unspecified atom stereocenters. The Morgan fingerprint density at radius 1 is 0.936 bits per heavy atom. The minimum absolute atomic E-state index is 0.0139. The van der Waals surface area contributed by atoms with E-state index in [-0.39, 0.29) is 22.4 Å². The number of hydrogen-bond acceptors (Lipinski definition) is 3. The highest BCUT2D eigenvalue weighted by atomic mass is 32.2. The largest absolute Gasteiger partial charge is 0.465 e. The van der Waals surface area contributed by atoms with Crippen LogP contribution < -0.4 is 9.62 Å². The Morgan fingerprint density at radius 3 is 2.34 bits per heavy atom. The van der Waals surface area contributed by atoms with E-state index >= 15 is 0 Å². The first kappa shape index (κ1) is 35.0. The molecule has 0 radical (unpaired) electrons. The van der Waals surface area contributed by atoms with Crippen molar-refractivity contribution in [2.75, 3.05) is 4.90 Å². The van der Waals surface area contributed by atoms with Gasteiger partial charge in [0.1, 0.15) is 0 Å². The van der Waals surface area contributed by atoms with E-state index in [0.29, 0.717) is 17.0 Å². The number of carboxylic acid groups (broad SMARTS) is 1. The third-order valence-corrected chi connectivity index (χ3v) is 15.7. The Morgan fingerprint density at radius 2 is 1.66 bits per heavy atom. The molecule has 1 aromatic carbocycles. The van der Waals surface area contributed by atoms with Crippen LogP contribution >= 0.6 is 0 Å². The molecule has 8 atom stereocenters. The van der Waals surface area contributed by atoms with Gasteiger partial charge in [0.25, 0.3) is 0 Å². The van der Waals surface area contributed by atoms with E-state index in [9.17, 15) is 18.3 Å². The highest BCUT2D eigenvalue weighted by molar-refractivity contribution is 7.89. The SMILES string of the molecule is CC(C)CCC[C@@H](C)[C@H]1CC[C@H]2[C@@H]3CC=C4CC(N(C(=O)O)c5ccc(S(=O)(=O)NC6CCCCC6)cc5)CC[C@]4(C)[C@H]3CC[C@]12C. The molecule has 6 nitrogen and oxygen atoms in total. The van der Waals surface area contributed by atoms with E-state index < -0.39 is 16.1 Å². The number of allylic oxidation sites excluding steroid dienone is 1. The van der Waals surface area contributed by atoms with Gasteiger partial charge in [-0.25, -0.2) is 17.9 Å². The van der Waals surface area contributed by atoms with Gasteiger partial charge in [-0.1, -0.05) is 84.8 Å². The van der Waals surface area contributed by atoms with E-state index in [0.717, 1.165) is 87.4 Å². The van der Waals surface area contributed by atoms with Gasteiger partial charge in [-0.3, -0.25) is 4.90 Å². The molecule has 2 N–H and O–H groups in total. The van der Waals surface area contributed by atoms with Gasteiger partial charge in [0, 0.05) is 17.8 Å². The number of sulfonamides is 1. The molecule has 0 bridgehead atoms. The number of nitrogens with zero attached hydrogens (tertiary/aromatic N) is 1. The maximum atomic E-state index is 13.1. The Balaban J connectivity index is 1.14. The van der Waals surface area contributed by atoms with Crippen molar-refractivity contribution in [2.45, 2.75) is 154 Å². The molecule has 262 valence electrons. The van der Waals surface area contributed by atoms with Crippen LogP contribution in [0.1, 0.15) is 137 Å². The minimum atomic E-state index is -3.63. The predicted octanol–water partition coefficient (Wildman–Crippen LogP) is 10.2. The maximum Gasteiger partial charge on any atom is 0.412 e. The molecule has 4 saturated carbocycles. The molecule has 0 heterocycles. The first-order valence-electron chi connectivity index (χ1n) is 19.2. The van der Waals surface area contributed by atoms with Crippen LogP contribution in [0, 0.1) is 46.3 Å². The molecule has 0 aliphatic heterocycles. The number of anilines is 1. The lowest BCUT2D eigenvalue weighted by Gasteiger charge is -2.59. The summed E-state index contributed by atoms with van der Waals surface area (Å²) >= 11 is 0. The fourth-order valence-corrected chi connectivity index (χ4v) is 13.0. The molecule has 0 aromatic heterocycles. The Hall–Kier alpha value is -1.86. The molecule has 7 heteroatoms. The number of carbonyl (C=O) groups is 1. The summed E-state index contributed by atoms with van der Waals surface area (Å²) < 4.78 is 29.0. The molecule has 1 aromatic rings. The lowest BCUT2D eigenvalue weighted by molar-refractivity contribution is -0.0509. The lowest BCUT2D eigenvalue weighted by Crippen LogP contribution is -2.52. The van der Waals surface area contributed by atoms with E-state index in [1.165, 1.54) is 55.4 Å². The molecule has 47 heavy (non-hydrogen) atoms. The molecular weight excluding hydrogens is 605 g/mol. The summed E-state index contributed by atoms with van der Waals surface area (Å²) in [5, 5.41) is 10.4. The normalized spacial score (nSPS) is 35.0. The third-order valence-electron chi connectivity index (χ3n) is 14.2. The first-order valence-corrected chi connectivity index (χ1v) is 20.7. The van der Waals surface area contributed by atoms with Gasteiger partial charge < -0.3 is 5.11 Å². The summed E-state index contributed by atoms with van der Waals surface area (Å²) in [6.45, 7) is 12.4. The highest BCUT2D eigenvalue weighted by Gasteiger charge is 2.59. The van der Waals surface area contributed by atoms with Crippen molar-refractivity contribution in [1.82, 2.24) is 4.72 Å². The van der Waals surface area contributed by atoms with Crippen molar-refractivity contribution < 1.29 is 18.3 Å². The first-order chi connectivity index (χ1) is 22.3. The molecular formula is C40H62N2O4S. The third kappa shape index (κ3) is 6.83. The van der Waals surface area contributed by atoms with Crippen molar-refractivity contribution in [3.8, 4) is 0 Å². The van der Waals surface area contributed by atoms with Crippen LogP contribution in [0.15, 0.2) is 40.8 Å². The monoisotopic (exact) mass is 666 g/mol. The number of fused-ring (bicyclic) bond motifs is 5. The van der Waals surface area contributed by atoms with Gasteiger partial charge in [0.15, 0.2) is 0 Å². The second-order valence-corrected chi connectivity index (χ2v) is 19.0. The zero-order chi connectivity index (χ0) is 33.6. The summed E-state index contributed by atoms with van der Waals surface area (Å²) in [5.74, 6) is 4.71. The van der Waals surface area contributed by atoms with Crippen LogP contribution in [-0.2, 0) is 10.0 Å². The van der Waals surface area contributed by atoms with E-state index in [1.807, 2.05) is 0 Å². The molecule has 5 aliphatic carbocycles. The van der Waals surface area contributed by atoms with Crippen LogP contribution in [0.25, 0.3) is 0 Å². The standard InChI is InChI=1S/C40H62N2O4S/c1-27(2)10-9-11-28(3)35-20-21-36-34-19-14-29-26-32(22-24-39(29,4)37(34)23-25-40(35,36)5)42(38(43)44)31-15-17-33(18-16-31)47(45,46)41-30-12-7-6-8-13-30/h14-18,27-28,30,32,34-37,41H,6-13,19-26H2,1-5H3,(H,43,44)/t28-,32?,34+,35-,36+,37+,39+,40-/m1/s1. The van der Waals surface area contributed by atoms with Crippen LogP contribution in [0.2, 0.25) is 0 Å². The quantitative estimate of drug-likeness (QED) is 0.243. The van der Waals surface area contributed by atoms with E-state index in [2.05, 4.69) is 45.4 Å². The van der Waals surface area contributed by atoms with Gasteiger partial charge >= 0.3 is 6.09 Å². The second-order valence-electron chi connectivity index (χ2n) is 17.3. The number of nitrogens with one attached hydrogen (secondary N) is 1. The lowest BCUT2D eigenvalue weighted by atomic mass is 9.46. The number of amides is 1. The Bertz CT molecular complexity index is 1400. The van der Waals surface area contributed by atoms with Gasteiger partial charge in [0.2, 0.25) is 10.0 Å². The number of rotatable bonds is 10. The van der Waals surface area contributed by atoms with Crippen molar-refractivity contribution in [1.29, 1.82) is 0 Å². The predicted molar refractivity (Wildman–Crippen MR) is 191 cm³/mol. The molecule has 4 fully saturated rings. The molecule has 5 aliphatic rings. The summed E-state index contributed by atoms with van der Waals surface area (Å²) in [4.78, 5) is 14.5. The summed E-state index contributed by atoms with van der Waals surface area (Å²) in [5.41, 5.74) is 2.64. The fraction of sp³-hybridized carbons (Fsp3) is 0.775. The van der Waals surface area contributed by atoms with Crippen molar-refractivity contribution >= 4 is 21.8 Å². The fourth-order valence-electron chi connectivity index (χ4n) is 11.7. The Labute approximate surface area is 285 Å². The Kier molecular flexibility index (Phi) is 10.3. The number of benzene rings is 1. The average Bonchev–Trinajstić information content (AvgIpc) is 3.39. The van der Waals surface area contributed by atoms with Crippen molar-refractivity contribution in [3.63, 3.8) is 0 Å². The topological polar surface area (TPSA) is 86.7 Å². The van der Waals surface area contributed by atoms with Crippen molar-refractivity contribution in [3.05, 3.63) is 35.9 Å². The van der Waals surface area contributed by atoms with E-state index in [1.54, 1.807) is 24.3 Å². The zero-order valence-corrected chi connectivity index (χ0v) is 30.7. The second kappa shape index (κ2) is 13.8. The number of hydrogen-bond donors (Lipinski definition) is 2. The minimum Gasteiger partial charge on any atom is -0.465 e. The van der Waals surface area contributed by atoms with Crippen LogP contribution in [0.4, 0.5) is 10.5 Å². The van der Waals surface area contributed by atoms with Gasteiger partial charge in [0.05, 0.1) is 4.90 Å². The van der Waals surface area contributed by atoms with Crippen LogP contribution in [-0.4, -0.2) is 31.7 Å². The molecule has 1 amide bonds. The summed E-state index contributed by atoms with van der Waals surface area (Å²) in [6, 6.07) is 6.37. The van der Waals surface area contributed by atoms with Crippen LogP contribution in [0.3, 0.4) is 0 Å². The maximum absolute atomic E-state index is 13.1. The molecule has 0 spiro atoms. The van der Waals surface area contributed by atoms with E-state index in [4.69, 9.17) is 0 Å². The van der Waals surface area contributed by atoms with Gasteiger partial charge in [-0.15, -0.1) is 0 Å². The van der Waals surface area contributed by atoms with Gasteiger partial charge in [-0.05, 0) is 135 Å². The highest BCUT2D eigenvalue weighted by Crippen LogP contribution is 2.67. The van der Waals surface area contributed by atoms with Gasteiger partial charge in [-0.2, -0.15) is 0 Å².